The zero-order valence-corrected chi connectivity index (χ0v) is 19.2. The molecule has 4 aromatic carbocycles. The van der Waals surface area contributed by atoms with Crippen LogP contribution in [0.25, 0.3) is 10.8 Å². The van der Waals surface area contributed by atoms with Gasteiger partial charge in [-0.05, 0) is 53.6 Å². The molecule has 0 atom stereocenters. The normalized spacial score (nSPS) is 11.2. The van der Waals surface area contributed by atoms with Crippen LogP contribution in [0.1, 0.15) is 12.5 Å². The Hall–Kier alpha value is -3.28. The van der Waals surface area contributed by atoms with E-state index in [-0.39, 0.29) is 5.91 Å². The van der Waals surface area contributed by atoms with Gasteiger partial charge in [0.2, 0.25) is 0 Å². The van der Waals surface area contributed by atoms with Crippen LogP contribution >= 0.6 is 23.5 Å². The van der Waals surface area contributed by atoms with Crippen molar-refractivity contribution in [1.82, 2.24) is 5.43 Å². The van der Waals surface area contributed by atoms with Crippen LogP contribution in [0.15, 0.2) is 128 Å². The molecule has 3 nitrogen and oxygen atoms in total. The fraction of sp³-hybridized carbons (Fsp3) is 0.0370. The molecule has 158 valence electrons. The maximum absolute atomic E-state index is 12.7. The lowest BCUT2D eigenvalue weighted by atomic mass is 10.0. The van der Waals surface area contributed by atoms with Crippen molar-refractivity contribution in [2.24, 2.45) is 5.10 Å². The molecular weight excluding hydrogens is 432 g/mol. The number of carbonyl (C=O) groups excluding carboxylic acids is 1. The fourth-order valence-electron chi connectivity index (χ4n) is 3.05. The first kappa shape index (κ1) is 21.9. The maximum Gasteiger partial charge on any atom is 0.265 e. The Morgan fingerprint density at radius 1 is 0.750 bits per heavy atom. The van der Waals surface area contributed by atoms with E-state index in [0.29, 0.717) is 0 Å². The number of hydrogen-bond donors (Lipinski definition) is 1. The zero-order chi connectivity index (χ0) is 22.2. The minimum atomic E-state index is -0.257. The SMILES string of the molecule is C/C(=N\NC(=O)C=C(Sc1ccccc1)Sc1ccccc1)c1ccc2ccccc2c1. The average Bonchev–Trinajstić information content (AvgIpc) is 2.83. The molecule has 0 aliphatic heterocycles. The average molecular weight is 455 g/mol. The summed E-state index contributed by atoms with van der Waals surface area (Å²) in [5, 5.41) is 6.64. The number of rotatable bonds is 7. The summed E-state index contributed by atoms with van der Waals surface area (Å²) in [6.45, 7) is 1.90. The molecule has 0 saturated carbocycles. The summed E-state index contributed by atoms with van der Waals surface area (Å²) in [6.07, 6.45) is 1.60. The third-order valence-electron chi connectivity index (χ3n) is 4.67. The number of fused-ring (bicyclic) bond motifs is 1. The second-order valence-corrected chi connectivity index (χ2v) is 9.52. The Balaban J connectivity index is 1.50. The van der Waals surface area contributed by atoms with Crippen molar-refractivity contribution in [3.63, 3.8) is 0 Å². The number of hydrazone groups is 1. The molecule has 0 spiro atoms. The van der Waals surface area contributed by atoms with Crippen LogP contribution in [0, 0.1) is 0 Å². The summed E-state index contributed by atoms with van der Waals surface area (Å²) >= 11 is 3.12. The smallest absolute Gasteiger partial charge is 0.265 e. The predicted molar refractivity (Wildman–Crippen MR) is 137 cm³/mol. The quantitative estimate of drug-likeness (QED) is 0.140. The van der Waals surface area contributed by atoms with Gasteiger partial charge in [-0.2, -0.15) is 5.10 Å². The minimum absolute atomic E-state index is 0.257. The Morgan fingerprint density at radius 2 is 1.31 bits per heavy atom. The lowest BCUT2D eigenvalue weighted by Gasteiger charge is -2.07. The molecule has 0 aromatic heterocycles. The zero-order valence-electron chi connectivity index (χ0n) is 17.6. The highest BCUT2D eigenvalue weighted by Gasteiger charge is 2.08. The maximum atomic E-state index is 12.7. The first-order valence-corrected chi connectivity index (χ1v) is 11.8. The number of nitrogens with zero attached hydrogens (tertiary/aromatic N) is 1. The number of nitrogens with one attached hydrogen (secondary N) is 1. The molecule has 0 saturated heterocycles. The molecule has 4 aromatic rings. The van der Waals surface area contributed by atoms with Gasteiger partial charge < -0.3 is 0 Å². The largest absolute Gasteiger partial charge is 0.268 e. The van der Waals surface area contributed by atoms with Gasteiger partial charge in [0.15, 0.2) is 0 Å². The van der Waals surface area contributed by atoms with Gasteiger partial charge in [0, 0.05) is 15.9 Å². The third kappa shape index (κ3) is 6.13. The number of carbonyl (C=O) groups is 1. The van der Waals surface area contributed by atoms with Crippen LogP contribution in [-0.4, -0.2) is 11.6 Å². The van der Waals surface area contributed by atoms with Crippen molar-refractivity contribution in [2.45, 2.75) is 16.7 Å². The van der Waals surface area contributed by atoms with Gasteiger partial charge in [-0.3, -0.25) is 4.79 Å². The molecule has 32 heavy (non-hydrogen) atoms. The molecule has 1 N–H and O–H groups in total. The van der Waals surface area contributed by atoms with Crippen LogP contribution in [0.2, 0.25) is 0 Å². The first-order valence-electron chi connectivity index (χ1n) is 10.2. The summed E-state index contributed by atoms with van der Waals surface area (Å²) in [5.74, 6) is -0.257. The van der Waals surface area contributed by atoms with E-state index in [2.05, 4.69) is 34.8 Å². The molecular formula is C27H22N2OS2. The molecule has 0 radical (unpaired) electrons. The van der Waals surface area contributed by atoms with Gasteiger partial charge in [0.25, 0.3) is 5.91 Å². The van der Waals surface area contributed by atoms with Crippen LogP contribution in [0.4, 0.5) is 0 Å². The van der Waals surface area contributed by atoms with Gasteiger partial charge in [0.05, 0.1) is 9.95 Å². The van der Waals surface area contributed by atoms with E-state index in [0.717, 1.165) is 30.7 Å². The van der Waals surface area contributed by atoms with Crippen LogP contribution in [0.5, 0.6) is 0 Å². The van der Waals surface area contributed by atoms with Gasteiger partial charge in [0.1, 0.15) is 0 Å². The van der Waals surface area contributed by atoms with Crippen molar-refractivity contribution in [3.8, 4) is 0 Å². The highest BCUT2D eigenvalue weighted by Crippen LogP contribution is 2.38. The Morgan fingerprint density at radius 3 is 1.94 bits per heavy atom. The number of benzene rings is 4. The summed E-state index contributed by atoms with van der Waals surface area (Å²) in [4.78, 5) is 14.8. The van der Waals surface area contributed by atoms with Crippen LogP contribution < -0.4 is 5.43 Å². The minimum Gasteiger partial charge on any atom is -0.268 e. The van der Waals surface area contributed by atoms with Crippen molar-refractivity contribution in [2.75, 3.05) is 0 Å². The highest BCUT2D eigenvalue weighted by molar-refractivity contribution is 8.22. The first-order chi connectivity index (χ1) is 15.7. The topological polar surface area (TPSA) is 41.5 Å². The lowest BCUT2D eigenvalue weighted by Crippen LogP contribution is -2.16. The lowest BCUT2D eigenvalue weighted by molar-refractivity contribution is -0.116. The van der Waals surface area contributed by atoms with E-state index in [1.165, 1.54) is 5.39 Å². The molecule has 4 rings (SSSR count). The molecule has 0 aliphatic rings. The van der Waals surface area contributed by atoms with Crippen molar-refractivity contribution < 1.29 is 4.79 Å². The van der Waals surface area contributed by atoms with Gasteiger partial charge >= 0.3 is 0 Å². The predicted octanol–water partition coefficient (Wildman–Crippen LogP) is 7.11. The highest BCUT2D eigenvalue weighted by atomic mass is 32.2. The van der Waals surface area contributed by atoms with E-state index in [1.807, 2.05) is 85.8 Å². The summed E-state index contributed by atoms with van der Waals surface area (Å²) < 4.78 is 0.874. The fourth-order valence-corrected chi connectivity index (χ4v) is 5.17. The molecule has 0 fully saturated rings. The standard InChI is InChI=1S/C27H22N2OS2/c1-20(22-17-16-21-10-8-9-11-23(21)18-22)28-29-26(30)19-27(31-24-12-4-2-5-13-24)32-25-14-6-3-7-15-25/h2-19H,1H3,(H,29,30)/b28-20+. The molecule has 0 unspecified atom stereocenters. The van der Waals surface area contributed by atoms with Crippen molar-refractivity contribution in [1.29, 1.82) is 0 Å². The van der Waals surface area contributed by atoms with Crippen LogP contribution in [-0.2, 0) is 4.79 Å². The van der Waals surface area contributed by atoms with Crippen molar-refractivity contribution in [3.05, 3.63) is 119 Å². The van der Waals surface area contributed by atoms with Gasteiger partial charge in [-0.25, -0.2) is 5.43 Å². The third-order valence-corrected chi connectivity index (χ3v) is 6.83. The Bertz CT molecular complexity index is 1230. The Labute approximate surface area is 196 Å². The molecule has 0 heterocycles. The van der Waals surface area contributed by atoms with E-state index in [1.54, 1.807) is 29.6 Å². The molecule has 0 aliphatic carbocycles. The number of amides is 1. The molecule has 1 amide bonds. The van der Waals surface area contributed by atoms with E-state index in [9.17, 15) is 4.79 Å². The van der Waals surface area contributed by atoms with E-state index in [4.69, 9.17) is 0 Å². The second kappa shape index (κ2) is 10.8. The van der Waals surface area contributed by atoms with E-state index < -0.39 is 0 Å². The number of hydrogen-bond acceptors (Lipinski definition) is 4. The summed E-state index contributed by atoms with van der Waals surface area (Å²) in [6, 6.07) is 34.4. The van der Waals surface area contributed by atoms with Gasteiger partial charge in [-0.15, -0.1) is 0 Å². The summed E-state index contributed by atoms with van der Waals surface area (Å²) in [5.41, 5.74) is 4.41. The van der Waals surface area contributed by atoms with Gasteiger partial charge in [-0.1, -0.05) is 96.3 Å². The monoisotopic (exact) mass is 454 g/mol. The van der Waals surface area contributed by atoms with Crippen molar-refractivity contribution >= 4 is 45.9 Å². The van der Waals surface area contributed by atoms with E-state index >= 15 is 0 Å². The molecule has 0 bridgehead atoms. The number of thioether (sulfide) groups is 2. The van der Waals surface area contributed by atoms with Crippen LogP contribution in [0.3, 0.4) is 0 Å². The Kier molecular flexibility index (Phi) is 7.43. The summed E-state index contributed by atoms with van der Waals surface area (Å²) in [7, 11) is 0. The molecule has 5 heteroatoms. The second-order valence-electron chi connectivity index (χ2n) is 7.03.